The number of amides is 1. The highest BCUT2D eigenvalue weighted by molar-refractivity contribution is 5.86. The summed E-state index contributed by atoms with van der Waals surface area (Å²) in [5, 5.41) is 17.4. The van der Waals surface area contributed by atoms with Crippen LogP contribution in [0, 0.1) is 28.4 Å². The molecule has 3 aliphatic rings. The number of carbonyl (C=O) groups is 1. The van der Waals surface area contributed by atoms with Crippen LogP contribution >= 0.6 is 0 Å². The molecular formula is C24H22F2N6O. The Bertz CT molecular complexity index is 1290. The van der Waals surface area contributed by atoms with Crippen molar-refractivity contribution in [2.75, 3.05) is 31.1 Å². The molecule has 9 heteroatoms. The topological polar surface area (TPSA) is 67.9 Å². The SMILES string of the molecule is N#Cc1ccc(N2CCC3(CC2)CN2CC[C@@H](c4cc(F)cc(F)c4)N2C3=O)c2ccnn12. The number of anilines is 1. The van der Waals surface area contributed by atoms with E-state index in [-0.39, 0.29) is 11.9 Å². The number of piperidine rings is 1. The number of pyridine rings is 1. The van der Waals surface area contributed by atoms with Crippen molar-refractivity contribution in [2.45, 2.75) is 25.3 Å². The fourth-order valence-corrected chi connectivity index (χ4v) is 5.76. The first-order valence-electron chi connectivity index (χ1n) is 11.2. The van der Waals surface area contributed by atoms with Crippen LogP contribution in [0.3, 0.4) is 0 Å². The Balaban J connectivity index is 1.24. The zero-order valence-electron chi connectivity index (χ0n) is 17.9. The van der Waals surface area contributed by atoms with Crippen molar-refractivity contribution in [2.24, 2.45) is 5.41 Å². The third-order valence-corrected chi connectivity index (χ3v) is 7.39. The van der Waals surface area contributed by atoms with Gasteiger partial charge in [-0.05, 0) is 55.2 Å². The Hall–Kier alpha value is -3.51. The van der Waals surface area contributed by atoms with Gasteiger partial charge < -0.3 is 4.90 Å². The second-order valence-electron chi connectivity index (χ2n) is 9.16. The Kier molecular flexibility index (Phi) is 4.42. The van der Waals surface area contributed by atoms with Gasteiger partial charge in [0, 0.05) is 32.2 Å². The first kappa shape index (κ1) is 20.1. The van der Waals surface area contributed by atoms with Crippen molar-refractivity contribution in [1.82, 2.24) is 19.6 Å². The molecule has 33 heavy (non-hydrogen) atoms. The van der Waals surface area contributed by atoms with E-state index in [1.807, 2.05) is 12.1 Å². The quantitative estimate of drug-likeness (QED) is 0.602. The Morgan fingerprint density at radius 3 is 2.55 bits per heavy atom. The van der Waals surface area contributed by atoms with E-state index >= 15 is 0 Å². The molecule has 2 aromatic heterocycles. The lowest BCUT2D eigenvalue weighted by atomic mass is 9.77. The second-order valence-corrected chi connectivity index (χ2v) is 9.16. The van der Waals surface area contributed by atoms with Crippen molar-refractivity contribution in [3.05, 3.63) is 65.5 Å². The third-order valence-electron chi connectivity index (χ3n) is 7.39. The van der Waals surface area contributed by atoms with E-state index in [9.17, 15) is 18.8 Å². The molecule has 3 saturated heterocycles. The van der Waals surface area contributed by atoms with Crippen molar-refractivity contribution in [1.29, 1.82) is 5.26 Å². The van der Waals surface area contributed by atoms with Crippen LogP contribution in [0.1, 0.15) is 36.6 Å². The molecule has 5 heterocycles. The number of hydrazine groups is 1. The van der Waals surface area contributed by atoms with E-state index in [4.69, 9.17) is 0 Å². The Morgan fingerprint density at radius 2 is 1.82 bits per heavy atom. The summed E-state index contributed by atoms with van der Waals surface area (Å²) >= 11 is 0. The summed E-state index contributed by atoms with van der Waals surface area (Å²) in [4.78, 5) is 15.9. The number of fused-ring (bicyclic) bond motifs is 2. The van der Waals surface area contributed by atoms with Crippen molar-refractivity contribution in [3.63, 3.8) is 0 Å². The number of nitrogens with zero attached hydrogens (tertiary/aromatic N) is 6. The summed E-state index contributed by atoms with van der Waals surface area (Å²) < 4.78 is 29.3. The second kappa shape index (κ2) is 7.25. The van der Waals surface area contributed by atoms with Gasteiger partial charge in [-0.15, -0.1) is 0 Å². The summed E-state index contributed by atoms with van der Waals surface area (Å²) in [6.45, 7) is 2.76. The van der Waals surface area contributed by atoms with Gasteiger partial charge in [-0.1, -0.05) is 0 Å². The minimum atomic E-state index is -0.619. The average Bonchev–Trinajstić information content (AvgIpc) is 3.50. The number of benzene rings is 1. The standard InChI is InChI=1S/C24H22F2N6O/c25-17-11-16(12-18(26)13-17)20-4-8-30-15-24(23(33)32(20)30)5-9-29(10-6-24)21-2-1-19(14-27)31-22(21)3-7-28-31/h1-3,7,11-13,20H,4-6,8-10,15H2/t20-/m0/s1. The molecule has 168 valence electrons. The zero-order chi connectivity index (χ0) is 22.7. The molecule has 3 aromatic rings. The normalized spacial score (nSPS) is 22.3. The van der Waals surface area contributed by atoms with Crippen LogP contribution < -0.4 is 4.90 Å². The molecule has 0 radical (unpaired) electrons. The van der Waals surface area contributed by atoms with Gasteiger partial charge in [-0.3, -0.25) is 9.80 Å². The van der Waals surface area contributed by atoms with Crippen LogP contribution in [0.5, 0.6) is 0 Å². The van der Waals surface area contributed by atoms with Crippen molar-refractivity contribution >= 4 is 17.1 Å². The van der Waals surface area contributed by atoms with E-state index in [2.05, 4.69) is 21.1 Å². The Labute approximate surface area is 189 Å². The Morgan fingerprint density at radius 1 is 1.06 bits per heavy atom. The fraction of sp³-hybridized carbons (Fsp3) is 0.375. The minimum Gasteiger partial charge on any atom is -0.370 e. The van der Waals surface area contributed by atoms with Gasteiger partial charge in [0.25, 0.3) is 0 Å². The van der Waals surface area contributed by atoms with E-state index in [0.29, 0.717) is 56.7 Å². The first-order chi connectivity index (χ1) is 16.0. The van der Waals surface area contributed by atoms with Gasteiger partial charge in [-0.25, -0.2) is 18.3 Å². The molecule has 0 aliphatic carbocycles. The summed E-state index contributed by atoms with van der Waals surface area (Å²) in [6, 6.07) is 11.0. The average molecular weight is 448 g/mol. The summed E-state index contributed by atoms with van der Waals surface area (Å²) in [5.74, 6) is -1.18. The first-order valence-corrected chi connectivity index (χ1v) is 11.2. The van der Waals surface area contributed by atoms with Gasteiger partial charge in [0.2, 0.25) is 5.91 Å². The lowest BCUT2D eigenvalue weighted by Gasteiger charge is -2.39. The van der Waals surface area contributed by atoms with E-state index in [1.54, 1.807) is 21.8 Å². The molecule has 1 spiro atoms. The van der Waals surface area contributed by atoms with Crippen molar-refractivity contribution in [3.8, 4) is 6.07 Å². The molecule has 1 aromatic carbocycles. The van der Waals surface area contributed by atoms with E-state index in [1.165, 1.54) is 12.1 Å². The summed E-state index contributed by atoms with van der Waals surface area (Å²) in [7, 11) is 0. The molecule has 7 nitrogen and oxygen atoms in total. The van der Waals surface area contributed by atoms with Crippen LogP contribution in [-0.4, -0.2) is 51.7 Å². The molecule has 6 rings (SSSR count). The van der Waals surface area contributed by atoms with Crippen LogP contribution in [0.4, 0.5) is 14.5 Å². The third kappa shape index (κ3) is 3.01. The maximum atomic E-state index is 13.8. The molecule has 1 amide bonds. The van der Waals surface area contributed by atoms with Gasteiger partial charge in [0.05, 0.1) is 28.9 Å². The number of hydrogen-bond donors (Lipinski definition) is 0. The smallest absolute Gasteiger partial charge is 0.245 e. The van der Waals surface area contributed by atoms with Gasteiger partial charge in [-0.2, -0.15) is 10.4 Å². The van der Waals surface area contributed by atoms with Gasteiger partial charge in [0.1, 0.15) is 23.4 Å². The number of rotatable bonds is 2. The van der Waals surface area contributed by atoms with E-state index < -0.39 is 17.0 Å². The molecule has 0 bridgehead atoms. The molecule has 3 aliphatic heterocycles. The van der Waals surface area contributed by atoms with Gasteiger partial charge in [0.15, 0.2) is 0 Å². The zero-order valence-corrected chi connectivity index (χ0v) is 17.9. The van der Waals surface area contributed by atoms with Crippen LogP contribution in [0.2, 0.25) is 0 Å². The lowest BCUT2D eigenvalue weighted by molar-refractivity contribution is -0.143. The number of halogens is 2. The van der Waals surface area contributed by atoms with Crippen LogP contribution in [0.25, 0.3) is 5.52 Å². The highest BCUT2D eigenvalue weighted by atomic mass is 19.1. The predicted molar refractivity (Wildman–Crippen MR) is 116 cm³/mol. The van der Waals surface area contributed by atoms with Crippen LogP contribution in [0.15, 0.2) is 42.6 Å². The molecule has 1 atom stereocenters. The summed E-state index contributed by atoms with van der Waals surface area (Å²) in [6.07, 6.45) is 3.75. The lowest BCUT2D eigenvalue weighted by Crippen LogP contribution is -2.46. The maximum Gasteiger partial charge on any atom is 0.245 e. The predicted octanol–water partition coefficient (Wildman–Crippen LogP) is 3.27. The largest absolute Gasteiger partial charge is 0.370 e. The molecule has 0 saturated carbocycles. The molecule has 0 unspecified atom stereocenters. The molecule has 3 fully saturated rings. The van der Waals surface area contributed by atoms with Crippen molar-refractivity contribution < 1.29 is 13.6 Å². The highest BCUT2D eigenvalue weighted by Crippen LogP contribution is 2.47. The molecule has 0 N–H and O–H groups in total. The number of aromatic nitrogens is 2. The maximum absolute atomic E-state index is 13.8. The highest BCUT2D eigenvalue weighted by Gasteiger charge is 2.56. The number of hydrogen-bond acceptors (Lipinski definition) is 5. The fourth-order valence-electron chi connectivity index (χ4n) is 5.76. The minimum absolute atomic E-state index is 0.0589. The van der Waals surface area contributed by atoms with E-state index in [0.717, 1.165) is 17.3 Å². The van der Waals surface area contributed by atoms with Crippen LogP contribution in [-0.2, 0) is 4.79 Å². The summed E-state index contributed by atoms with van der Waals surface area (Å²) in [5.41, 5.74) is 2.38. The molecular weight excluding hydrogens is 426 g/mol. The van der Waals surface area contributed by atoms with Gasteiger partial charge >= 0.3 is 0 Å². The number of carbonyl (C=O) groups excluding carboxylic acids is 1. The number of nitriles is 1. The monoisotopic (exact) mass is 448 g/mol.